The number of benzene rings is 1. The van der Waals surface area contributed by atoms with Crippen molar-refractivity contribution < 1.29 is 9.53 Å². The quantitative estimate of drug-likeness (QED) is 0.580. The Morgan fingerprint density at radius 2 is 2.00 bits per heavy atom. The summed E-state index contributed by atoms with van der Waals surface area (Å²) < 4.78 is 4.97. The summed E-state index contributed by atoms with van der Waals surface area (Å²) in [7, 11) is -1.34. The topological polar surface area (TPSA) is 26.3 Å². The van der Waals surface area contributed by atoms with Gasteiger partial charge in [-0.15, -0.1) is 0 Å². The van der Waals surface area contributed by atoms with Gasteiger partial charge in [0, 0.05) is 0 Å². The normalized spacial score (nSPS) is 11.2. The van der Waals surface area contributed by atoms with Gasteiger partial charge in [-0.1, -0.05) is 37.0 Å². The molecule has 0 aliphatic carbocycles. The van der Waals surface area contributed by atoms with E-state index in [1.54, 1.807) is 0 Å². The van der Waals surface area contributed by atoms with Crippen LogP contribution in [-0.4, -0.2) is 20.7 Å². The predicted octanol–water partition coefficient (Wildman–Crippen LogP) is 2.41. The van der Waals surface area contributed by atoms with Crippen LogP contribution < -0.4 is 5.19 Å². The maximum atomic E-state index is 11.5. The fourth-order valence-corrected chi connectivity index (χ4v) is 2.51. The number of hydrogen-bond donors (Lipinski definition) is 0. The molecule has 0 amide bonds. The summed E-state index contributed by atoms with van der Waals surface area (Å²) in [5.41, 5.74) is 0.664. The molecule has 0 aliphatic rings. The van der Waals surface area contributed by atoms with Gasteiger partial charge < -0.3 is 4.74 Å². The van der Waals surface area contributed by atoms with Gasteiger partial charge in [0.1, 0.15) is 0 Å². The minimum absolute atomic E-state index is 0.224. The highest BCUT2D eigenvalue weighted by Gasteiger charge is 2.17. The van der Waals surface area contributed by atoms with Crippen molar-refractivity contribution >= 4 is 19.2 Å². The first-order chi connectivity index (χ1) is 6.95. The monoisotopic (exact) mass is 222 g/mol. The van der Waals surface area contributed by atoms with Crippen molar-refractivity contribution in [3.8, 4) is 0 Å². The van der Waals surface area contributed by atoms with E-state index in [4.69, 9.17) is 4.74 Å². The van der Waals surface area contributed by atoms with Crippen LogP contribution >= 0.6 is 0 Å². The highest BCUT2D eigenvalue weighted by atomic mass is 28.3. The van der Waals surface area contributed by atoms with Crippen LogP contribution in [0.25, 0.3) is 0 Å². The van der Waals surface area contributed by atoms with Gasteiger partial charge in [-0.2, -0.15) is 0 Å². The largest absolute Gasteiger partial charge is 0.462 e. The third-order valence-corrected chi connectivity index (χ3v) is 4.28. The van der Waals surface area contributed by atoms with Crippen LogP contribution in [0.15, 0.2) is 24.3 Å². The number of carbonyl (C=O) groups is 1. The van der Waals surface area contributed by atoms with Crippen molar-refractivity contribution in [3.63, 3.8) is 0 Å². The Labute approximate surface area is 92.3 Å². The Bertz CT molecular complexity index is 353. The molecule has 82 valence electrons. The van der Waals surface area contributed by atoms with E-state index in [-0.39, 0.29) is 5.97 Å². The Morgan fingerprint density at radius 3 is 2.53 bits per heavy atom. The van der Waals surface area contributed by atoms with Crippen molar-refractivity contribution in [1.82, 2.24) is 0 Å². The highest BCUT2D eigenvalue weighted by molar-refractivity contribution is 6.88. The van der Waals surface area contributed by atoms with Crippen LogP contribution in [0, 0.1) is 0 Å². The van der Waals surface area contributed by atoms with E-state index in [1.807, 2.05) is 25.1 Å². The predicted molar refractivity (Wildman–Crippen MR) is 65.4 cm³/mol. The average Bonchev–Trinajstić information content (AvgIpc) is 2.17. The van der Waals surface area contributed by atoms with Crippen molar-refractivity contribution in [2.45, 2.75) is 26.6 Å². The molecule has 1 rings (SSSR count). The Balaban J connectivity index is 2.98. The van der Waals surface area contributed by atoms with Crippen LogP contribution in [-0.2, 0) is 4.74 Å². The number of hydrogen-bond acceptors (Lipinski definition) is 2. The van der Waals surface area contributed by atoms with Gasteiger partial charge in [0.15, 0.2) is 0 Å². The van der Waals surface area contributed by atoms with Crippen molar-refractivity contribution in [1.29, 1.82) is 0 Å². The molecule has 0 saturated carbocycles. The van der Waals surface area contributed by atoms with Gasteiger partial charge in [-0.3, -0.25) is 0 Å². The summed E-state index contributed by atoms with van der Waals surface area (Å²) in [6, 6.07) is 7.79. The molecule has 0 atom stereocenters. The molecule has 1 aromatic carbocycles. The van der Waals surface area contributed by atoms with E-state index < -0.39 is 8.07 Å². The number of rotatable bonds is 3. The first-order valence-corrected chi connectivity index (χ1v) is 8.73. The number of esters is 1. The standard InChI is InChI=1S/C12H18O2Si/c1-5-14-12(13)10-7-6-8-11(9-10)15(2,3)4/h6-9H,5H2,1-4H3. The fourth-order valence-electron chi connectivity index (χ4n) is 1.33. The molecule has 1 aromatic rings. The van der Waals surface area contributed by atoms with E-state index >= 15 is 0 Å². The van der Waals surface area contributed by atoms with Crippen LogP contribution in [0.4, 0.5) is 0 Å². The molecule has 0 aliphatic heterocycles. The zero-order valence-corrected chi connectivity index (χ0v) is 10.8. The third kappa shape index (κ3) is 3.20. The first-order valence-electron chi connectivity index (χ1n) is 5.23. The van der Waals surface area contributed by atoms with Gasteiger partial charge >= 0.3 is 5.97 Å². The van der Waals surface area contributed by atoms with E-state index in [1.165, 1.54) is 5.19 Å². The van der Waals surface area contributed by atoms with Crippen LogP contribution in [0.5, 0.6) is 0 Å². The van der Waals surface area contributed by atoms with Crippen molar-refractivity contribution in [2.75, 3.05) is 6.61 Å². The lowest BCUT2D eigenvalue weighted by Crippen LogP contribution is -2.37. The second kappa shape index (κ2) is 4.62. The minimum Gasteiger partial charge on any atom is -0.462 e. The molecule has 0 aromatic heterocycles. The molecule has 3 heteroatoms. The Kier molecular flexibility index (Phi) is 3.69. The van der Waals surface area contributed by atoms with E-state index in [0.717, 1.165) is 0 Å². The molecule has 0 heterocycles. The molecule has 0 N–H and O–H groups in total. The SMILES string of the molecule is CCOC(=O)c1cccc([Si](C)(C)C)c1. The summed E-state index contributed by atoms with van der Waals surface area (Å²) in [5, 5.41) is 1.29. The highest BCUT2D eigenvalue weighted by Crippen LogP contribution is 2.06. The maximum absolute atomic E-state index is 11.5. The zero-order chi connectivity index (χ0) is 11.5. The Hall–Kier alpha value is -1.09. The summed E-state index contributed by atoms with van der Waals surface area (Å²) >= 11 is 0. The van der Waals surface area contributed by atoms with Gasteiger partial charge in [-0.25, -0.2) is 4.79 Å². The molecule has 0 radical (unpaired) electrons. The summed E-state index contributed by atoms with van der Waals surface area (Å²) in [4.78, 5) is 11.5. The number of ether oxygens (including phenoxy) is 1. The second-order valence-corrected chi connectivity index (χ2v) is 9.63. The van der Waals surface area contributed by atoms with E-state index in [9.17, 15) is 4.79 Å². The van der Waals surface area contributed by atoms with Crippen LogP contribution in [0.2, 0.25) is 19.6 Å². The van der Waals surface area contributed by atoms with Crippen molar-refractivity contribution in [3.05, 3.63) is 29.8 Å². The smallest absolute Gasteiger partial charge is 0.338 e. The molecule has 15 heavy (non-hydrogen) atoms. The minimum atomic E-state index is -1.34. The molecule has 0 unspecified atom stereocenters. The van der Waals surface area contributed by atoms with Crippen LogP contribution in [0.1, 0.15) is 17.3 Å². The molecular formula is C12H18O2Si. The van der Waals surface area contributed by atoms with Gasteiger partial charge in [0.25, 0.3) is 0 Å². The van der Waals surface area contributed by atoms with Gasteiger partial charge in [-0.05, 0) is 19.1 Å². The van der Waals surface area contributed by atoms with Crippen LogP contribution in [0.3, 0.4) is 0 Å². The molecule has 2 nitrogen and oxygen atoms in total. The lowest BCUT2D eigenvalue weighted by molar-refractivity contribution is 0.0526. The lowest BCUT2D eigenvalue weighted by Gasteiger charge is -2.17. The zero-order valence-electron chi connectivity index (χ0n) is 9.83. The molecule has 0 bridgehead atoms. The number of carbonyl (C=O) groups excluding carboxylic acids is 1. The summed E-state index contributed by atoms with van der Waals surface area (Å²) in [6.45, 7) is 9.03. The van der Waals surface area contributed by atoms with Gasteiger partial charge in [0.2, 0.25) is 0 Å². The maximum Gasteiger partial charge on any atom is 0.338 e. The summed E-state index contributed by atoms with van der Waals surface area (Å²) in [6.07, 6.45) is 0. The summed E-state index contributed by atoms with van der Waals surface area (Å²) in [5.74, 6) is -0.224. The fraction of sp³-hybridized carbons (Fsp3) is 0.417. The van der Waals surface area contributed by atoms with E-state index in [2.05, 4.69) is 25.7 Å². The molecular weight excluding hydrogens is 204 g/mol. The molecule has 0 fully saturated rings. The molecule has 0 spiro atoms. The second-order valence-electron chi connectivity index (χ2n) is 4.55. The first kappa shape index (κ1) is 12.0. The molecule has 0 saturated heterocycles. The third-order valence-electron chi connectivity index (χ3n) is 2.24. The van der Waals surface area contributed by atoms with Gasteiger partial charge in [0.05, 0.1) is 20.2 Å². The average molecular weight is 222 g/mol. The van der Waals surface area contributed by atoms with E-state index in [0.29, 0.717) is 12.2 Å². The Morgan fingerprint density at radius 1 is 1.33 bits per heavy atom. The van der Waals surface area contributed by atoms with Crippen molar-refractivity contribution in [2.24, 2.45) is 0 Å². The lowest BCUT2D eigenvalue weighted by atomic mass is 10.2.